The molecule has 1 amide bonds. The number of hydrogen-bond acceptors (Lipinski definition) is 3. The molecule has 0 bridgehead atoms. The van der Waals surface area contributed by atoms with Gasteiger partial charge in [0.15, 0.2) is 0 Å². The number of benzene rings is 2. The Kier molecular flexibility index (Phi) is 8.85. The van der Waals surface area contributed by atoms with Crippen molar-refractivity contribution < 1.29 is 40.3 Å². The number of carbonyl (C=O) groups excluding carboxylic acids is 1. The number of rotatable bonds is 5. The zero-order valence-corrected chi connectivity index (χ0v) is 22.6. The first-order valence-corrected chi connectivity index (χ1v) is 13.3. The van der Waals surface area contributed by atoms with Crippen LogP contribution in [0.2, 0.25) is 0 Å². The maximum absolute atomic E-state index is 13.9. The van der Waals surface area contributed by atoms with E-state index in [9.17, 15) is 35.5 Å². The van der Waals surface area contributed by atoms with Gasteiger partial charge in [-0.05, 0) is 86.7 Å². The summed E-state index contributed by atoms with van der Waals surface area (Å²) in [4.78, 5) is 17.4. The molecule has 2 aliphatic heterocycles. The van der Waals surface area contributed by atoms with Crippen LogP contribution in [-0.2, 0) is 21.9 Å². The molecule has 2 aliphatic rings. The fourth-order valence-corrected chi connectivity index (χ4v) is 5.92. The maximum Gasteiger partial charge on any atom is 0.416 e. The van der Waals surface area contributed by atoms with Crippen molar-refractivity contribution in [3.63, 3.8) is 0 Å². The number of halogens is 7. The van der Waals surface area contributed by atoms with Crippen molar-refractivity contribution in [3.8, 4) is 0 Å². The van der Waals surface area contributed by atoms with E-state index < -0.39 is 41.3 Å². The minimum Gasteiger partial charge on any atom is -0.381 e. The number of carbonyl (C=O) groups is 1. The molecule has 2 aromatic carbocycles. The van der Waals surface area contributed by atoms with Crippen molar-refractivity contribution in [2.45, 2.75) is 63.5 Å². The minimum atomic E-state index is -4.99. The summed E-state index contributed by atoms with van der Waals surface area (Å²) in [5.74, 6) is -1.69. The first kappa shape index (κ1) is 30.3. The van der Waals surface area contributed by atoms with Gasteiger partial charge in [-0.15, -0.1) is 0 Å². The molecule has 4 rings (SSSR count). The molecule has 0 spiro atoms. The second kappa shape index (κ2) is 11.7. The van der Waals surface area contributed by atoms with Gasteiger partial charge in [0, 0.05) is 44.7 Å². The molecule has 0 saturated carbocycles. The van der Waals surface area contributed by atoms with Crippen molar-refractivity contribution in [2.75, 3.05) is 33.4 Å². The SMILES string of the molecule is Cc1cc(F)ccc1[C@H]1CN(C2CCOCC2)CC[C@@H]1C(=O)N(C)[C@@H](C)c1cc(C(F)(F)F)cc(C(F)(F)F)c1. The normalized spacial score (nSPS) is 22.2. The fraction of sp³-hybridized carbons (Fsp3) is 0.552. The number of amides is 1. The van der Waals surface area contributed by atoms with E-state index >= 15 is 0 Å². The lowest BCUT2D eigenvalue weighted by Crippen LogP contribution is -2.50. The van der Waals surface area contributed by atoms with Crippen molar-refractivity contribution in [3.05, 3.63) is 70.0 Å². The first-order valence-electron chi connectivity index (χ1n) is 13.3. The van der Waals surface area contributed by atoms with Crippen LogP contribution in [0.3, 0.4) is 0 Å². The smallest absolute Gasteiger partial charge is 0.381 e. The quantitative estimate of drug-likeness (QED) is 0.362. The number of hydrogen-bond donors (Lipinski definition) is 0. The second-order valence-electron chi connectivity index (χ2n) is 10.8. The highest BCUT2D eigenvalue weighted by molar-refractivity contribution is 5.80. The van der Waals surface area contributed by atoms with Gasteiger partial charge in [0.25, 0.3) is 0 Å². The van der Waals surface area contributed by atoms with E-state index in [1.807, 2.05) is 0 Å². The van der Waals surface area contributed by atoms with Gasteiger partial charge < -0.3 is 9.64 Å². The van der Waals surface area contributed by atoms with Crippen LogP contribution in [0, 0.1) is 18.7 Å². The van der Waals surface area contributed by atoms with Gasteiger partial charge in [-0.1, -0.05) is 6.07 Å². The molecule has 3 atom stereocenters. The Morgan fingerprint density at radius 1 is 0.975 bits per heavy atom. The first-order chi connectivity index (χ1) is 18.7. The Morgan fingerprint density at radius 2 is 1.57 bits per heavy atom. The molecule has 220 valence electrons. The van der Waals surface area contributed by atoms with Crippen LogP contribution in [0.4, 0.5) is 30.7 Å². The highest BCUT2D eigenvalue weighted by atomic mass is 19.4. The zero-order chi connectivity index (χ0) is 29.4. The van der Waals surface area contributed by atoms with Crippen LogP contribution >= 0.6 is 0 Å². The van der Waals surface area contributed by atoms with E-state index in [4.69, 9.17) is 4.74 Å². The average Bonchev–Trinajstić information content (AvgIpc) is 2.91. The van der Waals surface area contributed by atoms with Crippen molar-refractivity contribution in [1.29, 1.82) is 0 Å². The van der Waals surface area contributed by atoms with Gasteiger partial charge >= 0.3 is 12.4 Å². The molecule has 2 saturated heterocycles. The number of aryl methyl sites for hydroxylation is 1. The Morgan fingerprint density at radius 3 is 2.12 bits per heavy atom. The summed E-state index contributed by atoms with van der Waals surface area (Å²) in [6.45, 7) is 5.60. The molecule has 0 radical (unpaired) electrons. The highest BCUT2D eigenvalue weighted by Crippen LogP contribution is 2.41. The molecule has 4 nitrogen and oxygen atoms in total. The van der Waals surface area contributed by atoms with E-state index in [1.54, 1.807) is 13.0 Å². The van der Waals surface area contributed by atoms with Crippen molar-refractivity contribution in [1.82, 2.24) is 9.80 Å². The third-order valence-electron chi connectivity index (χ3n) is 8.32. The molecular weight excluding hydrogens is 541 g/mol. The molecule has 0 unspecified atom stereocenters. The lowest BCUT2D eigenvalue weighted by molar-refractivity contribution is -0.143. The molecule has 11 heteroatoms. The van der Waals surface area contributed by atoms with Gasteiger partial charge in [-0.3, -0.25) is 9.69 Å². The predicted octanol–water partition coefficient (Wildman–Crippen LogP) is 6.98. The lowest BCUT2D eigenvalue weighted by atomic mass is 9.77. The van der Waals surface area contributed by atoms with E-state index in [-0.39, 0.29) is 29.5 Å². The fourth-order valence-electron chi connectivity index (χ4n) is 5.92. The van der Waals surface area contributed by atoms with Crippen LogP contribution in [-0.4, -0.2) is 55.1 Å². The highest BCUT2D eigenvalue weighted by Gasteiger charge is 2.41. The van der Waals surface area contributed by atoms with Crippen LogP contribution < -0.4 is 0 Å². The number of nitrogens with zero attached hydrogens (tertiary/aromatic N) is 2. The van der Waals surface area contributed by atoms with Crippen LogP contribution in [0.25, 0.3) is 0 Å². The van der Waals surface area contributed by atoms with Crippen LogP contribution in [0.5, 0.6) is 0 Å². The number of alkyl halides is 6. The van der Waals surface area contributed by atoms with Gasteiger partial charge in [-0.25, -0.2) is 4.39 Å². The molecule has 2 aromatic rings. The van der Waals surface area contributed by atoms with Crippen LogP contribution in [0.15, 0.2) is 36.4 Å². The number of likely N-dealkylation sites (tertiary alicyclic amines) is 1. The third kappa shape index (κ3) is 6.62. The molecule has 40 heavy (non-hydrogen) atoms. The van der Waals surface area contributed by atoms with Crippen molar-refractivity contribution >= 4 is 5.91 Å². The topological polar surface area (TPSA) is 32.8 Å². The Labute approximate surface area is 229 Å². The molecule has 2 heterocycles. The Hall–Kier alpha value is -2.66. The second-order valence-corrected chi connectivity index (χ2v) is 10.8. The van der Waals surface area contributed by atoms with Gasteiger partial charge in [-0.2, -0.15) is 26.3 Å². The van der Waals surface area contributed by atoms with Crippen LogP contribution in [0.1, 0.15) is 66.0 Å². The van der Waals surface area contributed by atoms with E-state index in [2.05, 4.69) is 4.90 Å². The average molecular weight is 575 g/mol. The Balaban J connectivity index is 1.65. The zero-order valence-electron chi connectivity index (χ0n) is 22.6. The van der Waals surface area contributed by atoms with E-state index in [0.717, 1.165) is 18.4 Å². The van der Waals surface area contributed by atoms with Gasteiger partial charge in [0.05, 0.1) is 17.2 Å². The third-order valence-corrected chi connectivity index (χ3v) is 8.32. The summed E-state index contributed by atoms with van der Waals surface area (Å²) in [5.41, 5.74) is -1.62. The summed E-state index contributed by atoms with van der Waals surface area (Å²) in [7, 11) is 1.40. The number of ether oxygens (including phenoxy) is 1. The van der Waals surface area contributed by atoms with Gasteiger partial charge in [0.1, 0.15) is 5.82 Å². The molecular formula is C29H33F7N2O2. The minimum absolute atomic E-state index is 0.0808. The van der Waals surface area contributed by atoms with Gasteiger partial charge in [0.2, 0.25) is 5.91 Å². The molecule has 0 aliphatic carbocycles. The molecule has 2 fully saturated rings. The predicted molar refractivity (Wildman–Crippen MR) is 135 cm³/mol. The lowest BCUT2D eigenvalue weighted by Gasteiger charge is -2.44. The maximum atomic E-state index is 13.9. The summed E-state index contributed by atoms with van der Waals surface area (Å²) in [6.07, 6.45) is -7.82. The summed E-state index contributed by atoms with van der Waals surface area (Å²) >= 11 is 0. The largest absolute Gasteiger partial charge is 0.416 e. The van der Waals surface area contributed by atoms with E-state index in [0.29, 0.717) is 50.4 Å². The summed E-state index contributed by atoms with van der Waals surface area (Å²) < 4.78 is 100. The Bertz CT molecular complexity index is 1180. The number of piperidine rings is 1. The molecule has 0 aromatic heterocycles. The summed E-state index contributed by atoms with van der Waals surface area (Å²) in [6, 6.07) is 5.03. The monoisotopic (exact) mass is 574 g/mol. The standard InChI is InChI=1S/C29H33F7N2O2/c1-17-12-22(30)4-5-24(17)26-16-38(23-7-10-40-11-8-23)9-6-25(26)27(39)37(3)18(2)19-13-20(28(31,32)33)15-21(14-19)29(34,35)36/h4-5,12-15,18,23,25-26H,6-11,16H2,1-3H3/t18-,25-,26+/m0/s1. The molecule has 0 N–H and O–H groups in total. The van der Waals surface area contributed by atoms with Crippen molar-refractivity contribution in [2.24, 2.45) is 5.92 Å². The van der Waals surface area contributed by atoms with E-state index in [1.165, 1.54) is 31.0 Å². The summed E-state index contributed by atoms with van der Waals surface area (Å²) in [5, 5.41) is 0.